The molecular formula is C19H39N7. The van der Waals surface area contributed by atoms with Gasteiger partial charge in [-0.25, -0.2) is 0 Å². The number of rotatable bonds is 13. The van der Waals surface area contributed by atoms with E-state index in [9.17, 15) is 0 Å². The molecule has 2 N–H and O–H groups in total. The second kappa shape index (κ2) is 13.6. The lowest BCUT2D eigenvalue weighted by atomic mass is 10.2. The fourth-order valence-electron chi connectivity index (χ4n) is 2.88. The average Bonchev–Trinajstić information content (AvgIpc) is 3.10. The van der Waals surface area contributed by atoms with E-state index < -0.39 is 0 Å². The summed E-state index contributed by atoms with van der Waals surface area (Å²) in [7, 11) is 0. The van der Waals surface area contributed by atoms with Crippen LogP contribution in [0.1, 0.15) is 59.7 Å². The van der Waals surface area contributed by atoms with Crippen molar-refractivity contribution in [3.05, 3.63) is 12.2 Å². The first-order valence-corrected chi connectivity index (χ1v) is 10.3. The van der Waals surface area contributed by atoms with E-state index in [2.05, 4.69) is 69.9 Å². The van der Waals surface area contributed by atoms with Crippen LogP contribution in [0.3, 0.4) is 0 Å². The summed E-state index contributed by atoms with van der Waals surface area (Å²) in [4.78, 5) is 7.14. The number of aryl methyl sites for hydroxylation is 1. The summed E-state index contributed by atoms with van der Waals surface area (Å²) >= 11 is 0. The van der Waals surface area contributed by atoms with Crippen molar-refractivity contribution in [2.45, 2.75) is 72.9 Å². The van der Waals surface area contributed by atoms with Gasteiger partial charge in [-0.2, -0.15) is 0 Å². The lowest BCUT2D eigenvalue weighted by Gasteiger charge is -2.21. The maximum atomic E-state index is 4.66. The summed E-state index contributed by atoms with van der Waals surface area (Å²) in [6.45, 7) is 16.9. The van der Waals surface area contributed by atoms with Crippen LogP contribution in [-0.4, -0.2) is 64.4 Å². The number of hydrogen-bond donors (Lipinski definition) is 2. The van der Waals surface area contributed by atoms with Gasteiger partial charge in [0.05, 0.1) is 0 Å². The van der Waals surface area contributed by atoms with E-state index >= 15 is 0 Å². The second-order valence-corrected chi connectivity index (χ2v) is 6.67. The van der Waals surface area contributed by atoms with E-state index in [0.29, 0.717) is 6.04 Å². The summed E-state index contributed by atoms with van der Waals surface area (Å²) in [5.74, 6) is 1.94. The van der Waals surface area contributed by atoms with E-state index in [1.54, 1.807) is 6.33 Å². The van der Waals surface area contributed by atoms with Crippen LogP contribution in [0, 0.1) is 0 Å². The molecule has 0 aliphatic heterocycles. The lowest BCUT2D eigenvalue weighted by molar-refractivity contribution is 0.292. The SMILES string of the molecule is CCCN=C(NCCn1cnnc1CC)NC(C)CCCN(CC)CC. The van der Waals surface area contributed by atoms with Crippen LogP contribution in [0.25, 0.3) is 0 Å². The number of nitrogens with one attached hydrogen (secondary N) is 2. The lowest BCUT2D eigenvalue weighted by Crippen LogP contribution is -2.43. The third-order valence-corrected chi connectivity index (χ3v) is 4.54. The summed E-state index contributed by atoms with van der Waals surface area (Å²) in [6.07, 6.45) is 6.10. The van der Waals surface area contributed by atoms with E-state index in [0.717, 1.165) is 63.8 Å². The molecule has 7 heteroatoms. The van der Waals surface area contributed by atoms with E-state index in [1.165, 1.54) is 13.0 Å². The molecular weight excluding hydrogens is 326 g/mol. The maximum Gasteiger partial charge on any atom is 0.191 e. The van der Waals surface area contributed by atoms with Gasteiger partial charge in [0, 0.05) is 32.1 Å². The first-order chi connectivity index (χ1) is 12.6. The fraction of sp³-hybridized carbons (Fsp3) is 0.842. The van der Waals surface area contributed by atoms with Crippen molar-refractivity contribution in [2.24, 2.45) is 4.99 Å². The van der Waals surface area contributed by atoms with E-state index in [4.69, 9.17) is 0 Å². The molecule has 0 amide bonds. The highest BCUT2D eigenvalue weighted by Crippen LogP contribution is 2.00. The molecule has 26 heavy (non-hydrogen) atoms. The molecule has 0 bridgehead atoms. The molecule has 0 aliphatic rings. The smallest absolute Gasteiger partial charge is 0.191 e. The Labute approximate surface area is 159 Å². The van der Waals surface area contributed by atoms with Crippen LogP contribution in [0.2, 0.25) is 0 Å². The molecule has 1 aromatic rings. The molecule has 1 atom stereocenters. The van der Waals surface area contributed by atoms with Crippen molar-refractivity contribution in [2.75, 3.05) is 32.7 Å². The molecule has 150 valence electrons. The Hall–Kier alpha value is -1.63. The Morgan fingerprint density at radius 1 is 1.27 bits per heavy atom. The third-order valence-electron chi connectivity index (χ3n) is 4.54. The number of aromatic nitrogens is 3. The first kappa shape index (κ1) is 22.4. The topological polar surface area (TPSA) is 70.4 Å². The highest BCUT2D eigenvalue weighted by molar-refractivity contribution is 5.80. The van der Waals surface area contributed by atoms with Crippen molar-refractivity contribution in [3.8, 4) is 0 Å². The van der Waals surface area contributed by atoms with Crippen LogP contribution < -0.4 is 10.6 Å². The normalized spacial score (nSPS) is 13.2. The Balaban J connectivity index is 2.40. The van der Waals surface area contributed by atoms with Gasteiger partial charge in [-0.1, -0.05) is 27.7 Å². The number of aliphatic imine (C=N–C) groups is 1. The highest BCUT2D eigenvalue weighted by atomic mass is 15.3. The van der Waals surface area contributed by atoms with Gasteiger partial charge < -0.3 is 20.1 Å². The molecule has 0 fully saturated rings. The highest BCUT2D eigenvalue weighted by Gasteiger charge is 2.07. The van der Waals surface area contributed by atoms with Crippen LogP contribution in [-0.2, 0) is 13.0 Å². The van der Waals surface area contributed by atoms with Crippen molar-refractivity contribution in [1.82, 2.24) is 30.3 Å². The van der Waals surface area contributed by atoms with Crippen molar-refractivity contribution in [1.29, 1.82) is 0 Å². The molecule has 1 heterocycles. The zero-order valence-electron chi connectivity index (χ0n) is 17.5. The Kier molecular flexibility index (Phi) is 11.7. The minimum absolute atomic E-state index is 0.412. The molecule has 7 nitrogen and oxygen atoms in total. The number of guanidine groups is 1. The third kappa shape index (κ3) is 8.65. The van der Waals surface area contributed by atoms with Crippen LogP contribution in [0.5, 0.6) is 0 Å². The minimum atomic E-state index is 0.412. The van der Waals surface area contributed by atoms with Gasteiger partial charge in [-0.3, -0.25) is 4.99 Å². The Bertz CT molecular complexity index is 494. The molecule has 0 radical (unpaired) electrons. The van der Waals surface area contributed by atoms with Gasteiger partial charge >= 0.3 is 0 Å². The van der Waals surface area contributed by atoms with Crippen molar-refractivity contribution in [3.63, 3.8) is 0 Å². The van der Waals surface area contributed by atoms with Crippen LogP contribution in [0.4, 0.5) is 0 Å². The van der Waals surface area contributed by atoms with Crippen LogP contribution in [0.15, 0.2) is 11.3 Å². The quantitative estimate of drug-likeness (QED) is 0.415. The molecule has 1 rings (SSSR count). The maximum absolute atomic E-state index is 4.66. The molecule has 0 aromatic carbocycles. The molecule has 0 saturated heterocycles. The molecule has 0 aliphatic carbocycles. The second-order valence-electron chi connectivity index (χ2n) is 6.67. The minimum Gasteiger partial charge on any atom is -0.355 e. The molecule has 0 spiro atoms. The zero-order valence-corrected chi connectivity index (χ0v) is 17.5. The predicted molar refractivity (Wildman–Crippen MR) is 110 cm³/mol. The van der Waals surface area contributed by atoms with Crippen LogP contribution >= 0.6 is 0 Å². The van der Waals surface area contributed by atoms with Crippen molar-refractivity contribution >= 4 is 5.96 Å². The number of hydrogen-bond acceptors (Lipinski definition) is 4. The Morgan fingerprint density at radius 3 is 2.69 bits per heavy atom. The standard InChI is InChI=1S/C19H39N7/c1-6-12-20-19(21-13-15-26-16-22-24-18(26)7-2)23-17(5)11-10-14-25(8-3)9-4/h16-17H,6-15H2,1-5H3,(H2,20,21,23). The molecule has 1 aromatic heterocycles. The van der Waals surface area contributed by atoms with E-state index in [-0.39, 0.29) is 0 Å². The van der Waals surface area contributed by atoms with Gasteiger partial charge in [-0.05, 0) is 45.8 Å². The average molecular weight is 366 g/mol. The summed E-state index contributed by atoms with van der Waals surface area (Å²) < 4.78 is 2.10. The summed E-state index contributed by atoms with van der Waals surface area (Å²) in [5, 5.41) is 15.1. The summed E-state index contributed by atoms with van der Waals surface area (Å²) in [6, 6.07) is 0.412. The van der Waals surface area contributed by atoms with Gasteiger partial charge in [0.25, 0.3) is 0 Å². The largest absolute Gasteiger partial charge is 0.355 e. The first-order valence-electron chi connectivity index (χ1n) is 10.3. The summed E-state index contributed by atoms with van der Waals surface area (Å²) in [5.41, 5.74) is 0. The predicted octanol–water partition coefficient (Wildman–Crippen LogP) is 2.30. The monoisotopic (exact) mass is 365 g/mol. The van der Waals surface area contributed by atoms with E-state index in [1.807, 2.05) is 0 Å². The van der Waals surface area contributed by atoms with Gasteiger partial charge in [0.2, 0.25) is 0 Å². The molecule has 1 unspecified atom stereocenters. The Morgan fingerprint density at radius 2 is 2.04 bits per heavy atom. The van der Waals surface area contributed by atoms with Gasteiger partial charge in [0.1, 0.15) is 12.2 Å². The van der Waals surface area contributed by atoms with Gasteiger partial charge in [0.15, 0.2) is 5.96 Å². The zero-order chi connectivity index (χ0) is 19.2. The molecule has 0 saturated carbocycles. The number of nitrogens with zero attached hydrogens (tertiary/aromatic N) is 5. The van der Waals surface area contributed by atoms with Crippen molar-refractivity contribution < 1.29 is 0 Å². The fourth-order valence-corrected chi connectivity index (χ4v) is 2.88. The van der Waals surface area contributed by atoms with Gasteiger partial charge in [-0.15, -0.1) is 10.2 Å².